The second-order valence-corrected chi connectivity index (χ2v) is 6.43. The molecular weight excluding hydrogens is 284 g/mol. The van der Waals surface area contributed by atoms with Crippen molar-refractivity contribution >= 4 is 27.5 Å². The van der Waals surface area contributed by atoms with E-state index in [4.69, 9.17) is 16.9 Å². The van der Waals surface area contributed by atoms with Crippen molar-refractivity contribution < 1.29 is 13.2 Å². The highest BCUT2D eigenvalue weighted by molar-refractivity contribution is 7.99. The number of ether oxygens (including phenoxy) is 1. The zero-order chi connectivity index (χ0) is 14.3. The first-order chi connectivity index (χ1) is 9.01. The van der Waals surface area contributed by atoms with Crippen LogP contribution in [0.3, 0.4) is 0 Å². The summed E-state index contributed by atoms with van der Waals surface area (Å²) >= 11 is 1.49. The fourth-order valence-corrected chi connectivity index (χ4v) is 3.01. The van der Waals surface area contributed by atoms with Crippen LogP contribution < -0.4 is 15.2 Å². The second-order valence-electron chi connectivity index (χ2n) is 3.56. The summed E-state index contributed by atoms with van der Waals surface area (Å²) in [6, 6.07) is 4.33. The predicted octanol–water partition coefficient (Wildman–Crippen LogP) is 0.922. The molecule has 0 radical (unpaired) electrons. The lowest BCUT2D eigenvalue weighted by Gasteiger charge is -2.09. The van der Waals surface area contributed by atoms with Crippen molar-refractivity contribution in [1.82, 2.24) is 4.72 Å². The normalized spacial score (nSPS) is 10.9. The van der Waals surface area contributed by atoms with Gasteiger partial charge in [-0.1, -0.05) is 5.92 Å². The number of nitrogens with one attached hydrogen (secondary N) is 1. The zero-order valence-electron chi connectivity index (χ0n) is 10.5. The maximum Gasteiger partial charge on any atom is 0.240 e. The summed E-state index contributed by atoms with van der Waals surface area (Å²) in [7, 11) is -2.11. The third-order valence-corrected chi connectivity index (χ3v) is 4.56. The van der Waals surface area contributed by atoms with Gasteiger partial charge in [0.25, 0.3) is 0 Å². The molecule has 0 spiro atoms. The molecule has 0 fully saturated rings. The molecule has 0 saturated heterocycles. The molecule has 0 aromatic heterocycles. The van der Waals surface area contributed by atoms with Crippen LogP contribution in [0.4, 0.5) is 5.69 Å². The minimum atomic E-state index is -3.55. The van der Waals surface area contributed by atoms with Crippen molar-refractivity contribution in [3.05, 3.63) is 18.2 Å². The monoisotopic (exact) mass is 300 g/mol. The number of sulfonamides is 1. The van der Waals surface area contributed by atoms with Gasteiger partial charge in [-0.2, -0.15) is 0 Å². The number of nitrogen functional groups attached to an aromatic ring is 1. The summed E-state index contributed by atoms with van der Waals surface area (Å²) in [5.74, 6) is 4.00. The summed E-state index contributed by atoms with van der Waals surface area (Å²) in [6.07, 6.45) is 5.10. The van der Waals surface area contributed by atoms with Crippen LogP contribution in [0.15, 0.2) is 23.1 Å². The predicted molar refractivity (Wildman–Crippen MR) is 78.8 cm³/mol. The van der Waals surface area contributed by atoms with Crippen molar-refractivity contribution in [2.75, 3.05) is 30.9 Å². The van der Waals surface area contributed by atoms with Crippen LogP contribution >= 0.6 is 11.8 Å². The summed E-state index contributed by atoms with van der Waals surface area (Å²) in [5.41, 5.74) is 6.03. The van der Waals surface area contributed by atoms with Gasteiger partial charge in [-0.25, -0.2) is 13.1 Å². The molecule has 0 aliphatic rings. The van der Waals surface area contributed by atoms with Gasteiger partial charge in [0.05, 0.1) is 23.4 Å². The number of hydrogen-bond donors (Lipinski definition) is 2. The number of terminal acetylenes is 1. The zero-order valence-corrected chi connectivity index (χ0v) is 12.2. The third kappa shape index (κ3) is 4.67. The third-order valence-electron chi connectivity index (χ3n) is 2.24. The van der Waals surface area contributed by atoms with Gasteiger partial charge >= 0.3 is 0 Å². The van der Waals surface area contributed by atoms with Crippen molar-refractivity contribution in [1.29, 1.82) is 0 Å². The molecule has 0 aliphatic heterocycles. The van der Waals surface area contributed by atoms with E-state index >= 15 is 0 Å². The van der Waals surface area contributed by atoms with Crippen LogP contribution in [0.2, 0.25) is 0 Å². The van der Waals surface area contributed by atoms with E-state index in [2.05, 4.69) is 10.6 Å². The van der Waals surface area contributed by atoms with Crippen LogP contribution in [0.5, 0.6) is 5.75 Å². The van der Waals surface area contributed by atoms with Crippen LogP contribution in [0.1, 0.15) is 0 Å². The number of anilines is 1. The van der Waals surface area contributed by atoms with E-state index in [1.165, 1.54) is 37.1 Å². The van der Waals surface area contributed by atoms with E-state index in [-0.39, 0.29) is 4.90 Å². The highest BCUT2D eigenvalue weighted by Crippen LogP contribution is 2.24. The maximum atomic E-state index is 12.0. The van der Waals surface area contributed by atoms with E-state index in [1.807, 2.05) is 0 Å². The number of rotatable bonds is 7. The molecule has 1 rings (SSSR count). The molecule has 0 saturated carbocycles. The summed E-state index contributed by atoms with van der Waals surface area (Å²) in [6.45, 7) is 0.321. The van der Waals surface area contributed by atoms with Gasteiger partial charge in [-0.3, -0.25) is 0 Å². The minimum Gasteiger partial charge on any atom is -0.495 e. The SMILES string of the molecule is C#CCSCCNS(=O)(=O)c1ccc(N)c(OC)c1. The van der Waals surface area contributed by atoms with Gasteiger partial charge in [-0.15, -0.1) is 18.2 Å². The number of nitrogens with two attached hydrogens (primary N) is 1. The molecule has 5 nitrogen and oxygen atoms in total. The quantitative estimate of drug-likeness (QED) is 0.444. The molecule has 0 amide bonds. The molecule has 0 bridgehead atoms. The van der Waals surface area contributed by atoms with Gasteiger partial charge < -0.3 is 10.5 Å². The minimum absolute atomic E-state index is 0.125. The number of hydrogen-bond acceptors (Lipinski definition) is 5. The molecule has 0 atom stereocenters. The van der Waals surface area contributed by atoms with E-state index in [0.29, 0.717) is 29.5 Å². The Bertz CT molecular complexity index is 565. The maximum absolute atomic E-state index is 12.0. The van der Waals surface area contributed by atoms with Crippen LogP contribution in [-0.2, 0) is 10.0 Å². The van der Waals surface area contributed by atoms with E-state index in [9.17, 15) is 8.42 Å². The molecule has 1 aromatic rings. The van der Waals surface area contributed by atoms with E-state index in [1.54, 1.807) is 0 Å². The Labute approximate surface area is 118 Å². The highest BCUT2D eigenvalue weighted by Gasteiger charge is 2.15. The van der Waals surface area contributed by atoms with Crippen molar-refractivity contribution in [3.63, 3.8) is 0 Å². The highest BCUT2D eigenvalue weighted by atomic mass is 32.2. The topological polar surface area (TPSA) is 81.4 Å². The summed E-state index contributed by atoms with van der Waals surface area (Å²) in [4.78, 5) is 0.125. The Morgan fingerprint density at radius 1 is 1.53 bits per heavy atom. The lowest BCUT2D eigenvalue weighted by Crippen LogP contribution is -2.26. The van der Waals surface area contributed by atoms with Crippen molar-refractivity contribution in [2.24, 2.45) is 0 Å². The molecular formula is C12H16N2O3S2. The summed E-state index contributed by atoms with van der Waals surface area (Å²) < 4.78 is 31.5. The smallest absolute Gasteiger partial charge is 0.240 e. The largest absolute Gasteiger partial charge is 0.495 e. The second kappa shape index (κ2) is 7.28. The van der Waals surface area contributed by atoms with Crippen LogP contribution in [0, 0.1) is 12.3 Å². The Morgan fingerprint density at radius 2 is 2.26 bits per heavy atom. The van der Waals surface area contributed by atoms with Gasteiger partial charge in [-0.05, 0) is 12.1 Å². The number of benzene rings is 1. The van der Waals surface area contributed by atoms with Crippen LogP contribution in [-0.4, -0.2) is 33.6 Å². The van der Waals surface area contributed by atoms with Crippen molar-refractivity contribution in [3.8, 4) is 18.1 Å². The Morgan fingerprint density at radius 3 is 2.89 bits per heavy atom. The molecule has 0 heterocycles. The van der Waals surface area contributed by atoms with Gasteiger partial charge in [0.2, 0.25) is 10.0 Å². The Kier molecular flexibility index (Phi) is 6.02. The lowest BCUT2D eigenvalue weighted by molar-refractivity contribution is 0.415. The average Bonchev–Trinajstić information content (AvgIpc) is 2.38. The standard InChI is InChI=1S/C12H16N2O3S2/c1-3-7-18-8-6-14-19(15,16)10-4-5-11(13)12(9-10)17-2/h1,4-5,9,14H,6-8,13H2,2H3. The molecule has 7 heteroatoms. The average molecular weight is 300 g/mol. The van der Waals surface area contributed by atoms with Crippen LogP contribution in [0.25, 0.3) is 0 Å². The molecule has 1 aromatic carbocycles. The first-order valence-electron chi connectivity index (χ1n) is 5.45. The van der Waals surface area contributed by atoms with Gasteiger partial charge in [0.15, 0.2) is 0 Å². The fourth-order valence-electron chi connectivity index (χ4n) is 1.32. The molecule has 0 unspecified atom stereocenters. The fraction of sp³-hybridized carbons (Fsp3) is 0.333. The van der Waals surface area contributed by atoms with Gasteiger partial charge in [0.1, 0.15) is 5.75 Å². The molecule has 0 aliphatic carbocycles. The lowest BCUT2D eigenvalue weighted by atomic mass is 10.3. The molecule has 19 heavy (non-hydrogen) atoms. The number of methoxy groups -OCH3 is 1. The molecule has 104 valence electrons. The number of thioether (sulfide) groups is 1. The Balaban J connectivity index is 2.70. The van der Waals surface area contributed by atoms with E-state index < -0.39 is 10.0 Å². The summed E-state index contributed by atoms with van der Waals surface area (Å²) in [5, 5.41) is 0. The Hall–Kier alpha value is -1.36. The molecule has 3 N–H and O–H groups in total. The first kappa shape index (κ1) is 15.7. The van der Waals surface area contributed by atoms with E-state index in [0.717, 1.165) is 0 Å². The first-order valence-corrected chi connectivity index (χ1v) is 8.09. The van der Waals surface area contributed by atoms with Crippen molar-refractivity contribution in [2.45, 2.75) is 4.90 Å². The van der Waals surface area contributed by atoms with Gasteiger partial charge in [0, 0.05) is 18.4 Å².